The Morgan fingerprint density at radius 3 is 2.19 bits per heavy atom. The number of benzene rings is 1. The largest absolute Gasteiger partial charge is 0.389 e. The summed E-state index contributed by atoms with van der Waals surface area (Å²) in [6.07, 6.45) is 2.39. The van der Waals surface area contributed by atoms with Gasteiger partial charge in [-0.1, -0.05) is 38.1 Å². The lowest BCUT2D eigenvalue weighted by atomic mass is 9.69. The Kier molecular flexibility index (Phi) is 2.81. The minimum atomic E-state index is -0.666. The quantitative estimate of drug-likeness (QED) is 0.815. The van der Waals surface area contributed by atoms with Crippen LogP contribution in [-0.4, -0.2) is 17.3 Å². The van der Waals surface area contributed by atoms with E-state index in [0.29, 0.717) is 6.54 Å². The SMILES string of the molecule is CCC(C)(CN)C1(O)Cc2ccccc2C1. The van der Waals surface area contributed by atoms with Crippen molar-refractivity contribution in [1.29, 1.82) is 0 Å². The van der Waals surface area contributed by atoms with Crippen molar-refractivity contribution in [2.75, 3.05) is 6.54 Å². The number of rotatable bonds is 3. The second kappa shape index (κ2) is 3.86. The van der Waals surface area contributed by atoms with E-state index in [9.17, 15) is 5.11 Å². The van der Waals surface area contributed by atoms with Crippen molar-refractivity contribution in [2.45, 2.75) is 38.7 Å². The molecule has 2 nitrogen and oxygen atoms in total. The molecule has 2 rings (SSSR count). The second-order valence-electron chi connectivity index (χ2n) is 5.27. The molecule has 0 saturated carbocycles. The Labute approximate surface area is 97.5 Å². The van der Waals surface area contributed by atoms with Gasteiger partial charge in [-0.05, 0) is 17.5 Å². The highest BCUT2D eigenvalue weighted by molar-refractivity contribution is 5.36. The monoisotopic (exact) mass is 219 g/mol. The van der Waals surface area contributed by atoms with Gasteiger partial charge in [0.05, 0.1) is 5.60 Å². The van der Waals surface area contributed by atoms with E-state index >= 15 is 0 Å². The van der Waals surface area contributed by atoms with Crippen molar-refractivity contribution < 1.29 is 5.11 Å². The molecule has 16 heavy (non-hydrogen) atoms. The van der Waals surface area contributed by atoms with E-state index in [1.807, 2.05) is 12.1 Å². The van der Waals surface area contributed by atoms with Gasteiger partial charge in [0.25, 0.3) is 0 Å². The van der Waals surface area contributed by atoms with Crippen LogP contribution < -0.4 is 5.73 Å². The molecule has 1 aliphatic rings. The molecule has 1 unspecified atom stereocenters. The lowest BCUT2D eigenvalue weighted by molar-refractivity contribution is -0.0653. The van der Waals surface area contributed by atoms with Gasteiger partial charge >= 0.3 is 0 Å². The van der Waals surface area contributed by atoms with Crippen LogP contribution in [0.3, 0.4) is 0 Å². The molecule has 0 amide bonds. The van der Waals surface area contributed by atoms with Gasteiger partial charge in [0.1, 0.15) is 0 Å². The summed E-state index contributed by atoms with van der Waals surface area (Å²) in [6.45, 7) is 4.74. The van der Waals surface area contributed by atoms with Gasteiger partial charge in [0, 0.05) is 24.8 Å². The van der Waals surface area contributed by atoms with Crippen LogP contribution in [0.5, 0.6) is 0 Å². The topological polar surface area (TPSA) is 46.2 Å². The number of aliphatic hydroxyl groups is 1. The van der Waals surface area contributed by atoms with Crippen LogP contribution in [0.15, 0.2) is 24.3 Å². The van der Waals surface area contributed by atoms with Crippen LogP contribution >= 0.6 is 0 Å². The zero-order valence-corrected chi connectivity index (χ0v) is 10.2. The summed E-state index contributed by atoms with van der Waals surface area (Å²) in [7, 11) is 0. The fraction of sp³-hybridized carbons (Fsp3) is 0.571. The Bertz CT molecular complexity index is 357. The smallest absolute Gasteiger partial charge is 0.0793 e. The predicted molar refractivity (Wildman–Crippen MR) is 66.3 cm³/mol. The van der Waals surface area contributed by atoms with Crippen molar-refractivity contribution in [3.05, 3.63) is 35.4 Å². The Balaban J connectivity index is 2.33. The molecule has 0 spiro atoms. The minimum absolute atomic E-state index is 0.188. The molecule has 2 heteroatoms. The molecule has 0 saturated heterocycles. The van der Waals surface area contributed by atoms with Crippen LogP contribution in [0.1, 0.15) is 31.4 Å². The standard InChI is InChI=1S/C14H21NO/c1-3-13(2,10-15)14(16)8-11-6-4-5-7-12(11)9-14/h4-7,16H,3,8-10,15H2,1-2H3. The van der Waals surface area contributed by atoms with E-state index in [0.717, 1.165) is 19.3 Å². The summed E-state index contributed by atoms with van der Waals surface area (Å²) in [5.41, 5.74) is 7.55. The van der Waals surface area contributed by atoms with Gasteiger partial charge in [-0.15, -0.1) is 0 Å². The Hall–Kier alpha value is -0.860. The molecule has 0 bridgehead atoms. The normalized spacial score (nSPS) is 21.5. The van der Waals surface area contributed by atoms with E-state index in [4.69, 9.17) is 5.73 Å². The molecule has 0 aliphatic heterocycles. The average Bonchev–Trinajstić information content (AvgIpc) is 2.65. The molecule has 0 heterocycles. The highest BCUT2D eigenvalue weighted by Crippen LogP contribution is 2.43. The summed E-state index contributed by atoms with van der Waals surface area (Å²) in [4.78, 5) is 0. The molecule has 1 aromatic carbocycles. The van der Waals surface area contributed by atoms with Gasteiger partial charge < -0.3 is 10.8 Å². The third-order valence-corrected chi connectivity index (χ3v) is 4.44. The summed E-state index contributed by atoms with van der Waals surface area (Å²) in [5.74, 6) is 0. The molecule has 0 aromatic heterocycles. The Morgan fingerprint density at radius 1 is 1.31 bits per heavy atom. The third kappa shape index (κ3) is 1.57. The molecule has 1 aromatic rings. The number of hydrogen-bond donors (Lipinski definition) is 2. The first-order chi connectivity index (χ1) is 7.54. The Morgan fingerprint density at radius 2 is 1.81 bits per heavy atom. The number of nitrogens with two attached hydrogens (primary N) is 1. The maximum absolute atomic E-state index is 10.9. The maximum Gasteiger partial charge on any atom is 0.0793 e. The third-order valence-electron chi connectivity index (χ3n) is 4.44. The lowest BCUT2D eigenvalue weighted by Gasteiger charge is -2.41. The van der Waals surface area contributed by atoms with Crippen LogP contribution in [0.25, 0.3) is 0 Å². The van der Waals surface area contributed by atoms with Gasteiger partial charge in [-0.2, -0.15) is 0 Å². The molecule has 3 N–H and O–H groups in total. The summed E-state index contributed by atoms with van der Waals surface area (Å²) in [5, 5.41) is 10.9. The van der Waals surface area contributed by atoms with E-state index in [1.165, 1.54) is 11.1 Å². The molecule has 1 aliphatic carbocycles. The molecular formula is C14H21NO. The summed E-state index contributed by atoms with van der Waals surface area (Å²) in [6, 6.07) is 8.30. The van der Waals surface area contributed by atoms with E-state index < -0.39 is 5.60 Å². The number of hydrogen-bond acceptors (Lipinski definition) is 2. The van der Waals surface area contributed by atoms with Crippen LogP contribution in [0.4, 0.5) is 0 Å². The van der Waals surface area contributed by atoms with Crippen molar-refractivity contribution in [1.82, 2.24) is 0 Å². The van der Waals surface area contributed by atoms with Crippen molar-refractivity contribution in [2.24, 2.45) is 11.1 Å². The molecule has 0 fully saturated rings. The summed E-state index contributed by atoms with van der Waals surface area (Å²) >= 11 is 0. The van der Waals surface area contributed by atoms with Crippen molar-refractivity contribution in [3.8, 4) is 0 Å². The van der Waals surface area contributed by atoms with Gasteiger partial charge in [0.15, 0.2) is 0 Å². The second-order valence-corrected chi connectivity index (χ2v) is 5.27. The predicted octanol–water partition coefficient (Wildman–Crippen LogP) is 1.89. The van der Waals surface area contributed by atoms with Crippen LogP contribution in [-0.2, 0) is 12.8 Å². The maximum atomic E-state index is 10.9. The lowest BCUT2D eigenvalue weighted by Crippen LogP contribution is -2.51. The summed E-state index contributed by atoms with van der Waals surface area (Å²) < 4.78 is 0. The van der Waals surface area contributed by atoms with Gasteiger partial charge in [-0.25, -0.2) is 0 Å². The average molecular weight is 219 g/mol. The molecule has 88 valence electrons. The highest BCUT2D eigenvalue weighted by atomic mass is 16.3. The van der Waals surface area contributed by atoms with Crippen molar-refractivity contribution >= 4 is 0 Å². The van der Waals surface area contributed by atoms with E-state index in [1.54, 1.807) is 0 Å². The van der Waals surface area contributed by atoms with Crippen LogP contribution in [0.2, 0.25) is 0 Å². The first kappa shape index (κ1) is 11.6. The molecular weight excluding hydrogens is 198 g/mol. The molecule has 1 atom stereocenters. The van der Waals surface area contributed by atoms with Crippen molar-refractivity contribution in [3.63, 3.8) is 0 Å². The zero-order chi connectivity index (χ0) is 11.8. The first-order valence-electron chi connectivity index (χ1n) is 6.04. The fourth-order valence-corrected chi connectivity index (χ4v) is 2.69. The van der Waals surface area contributed by atoms with Gasteiger partial charge in [-0.3, -0.25) is 0 Å². The zero-order valence-electron chi connectivity index (χ0n) is 10.2. The minimum Gasteiger partial charge on any atom is -0.389 e. The van der Waals surface area contributed by atoms with Crippen LogP contribution in [0, 0.1) is 5.41 Å². The number of fused-ring (bicyclic) bond motifs is 1. The van der Waals surface area contributed by atoms with E-state index in [2.05, 4.69) is 26.0 Å². The highest BCUT2D eigenvalue weighted by Gasteiger charge is 2.48. The first-order valence-corrected chi connectivity index (χ1v) is 6.04. The molecule has 0 radical (unpaired) electrons. The van der Waals surface area contributed by atoms with Gasteiger partial charge in [0.2, 0.25) is 0 Å². The van der Waals surface area contributed by atoms with E-state index in [-0.39, 0.29) is 5.41 Å². The fourth-order valence-electron chi connectivity index (χ4n) is 2.69.